The molecule has 0 aromatic heterocycles. The van der Waals surface area contributed by atoms with Gasteiger partial charge in [0.05, 0.1) is 0 Å². The summed E-state index contributed by atoms with van der Waals surface area (Å²) < 4.78 is 13.6. The molecular formula is C15H14FN. The summed E-state index contributed by atoms with van der Waals surface area (Å²) in [4.78, 5) is 2.24. The van der Waals surface area contributed by atoms with E-state index in [1.165, 1.54) is 17.3 Å². The molecule has 0 N–H and O–H groups in total. The van der Waals surface area contributed by atoms with E-state index in [4.69, 9.17) is 0 Å². The van der Waals surface area contributed by atoms with Gasteiger partial charge in [-0.25, -0.2) is 4.39 Å². The first kappa shape index (κ1) is 10.3. The molecule has 86 valence electrons. The summed E-state index contributed by atoms with van der Waals surface area (Å²) in [7, 11) is 0. The molecule has 2 aromatic carbocycles. The molecule has 1 aliphatic rings. The predicted octanol–water partition coefficient (Wildman–Crippen LogP) is 3.39. The quantitative estimate of drug-likeness (QED) is 0.760. The number of fused-ring (bicyclic) bond motifs is 1. The summed E-state index contributed by atoms with van der Waals surface area (Å²) >= 11 is 0. The smallest absolute Gasteiger partial charge is 0.128 e. The van der Waals surface area contributed by atoms with Gasteiger partial charge in [0, 0.05) is 24.3 Å². The Morgan fingerprint density at radius 1 is 1.00 bits per heavy atom. The first-order valence-electron chi connectivity index (χ1n) is 5.91. The predicted molar refractivity (Wildman–Crippen MR) is 67.6 cm³/mol. The third-order valence-electron chi connectivity index (χ3n) is 3.30. The van der Waals surface area contributed by atoms with E-state index in [0.29, 0.717) is 6.54 Å². The van der Waals surface area contributed by atoms with Gasteiger partial charge < -0.3 is 4.90 Å². The SMILES string of the molecule is Fc1ccccc1CN1CCc2ccccc21. The van der Waals surface area contributed by atoms with Gasteiger partial charge in [-0.1, -0.05) is 36.4 Å². The lowest BCUT2D eigenvalue weighted by Crippen LogP contribution is -2.20. The fourth-order valence-corrected chi connectivity index (χ4v) is 2.40. The third kappa shape index (κ3) is 1.91. The molecule has 1 nitrogen and oxygen atoms in total. The molecule has 0 aliphatic carbocycles. The van der Waals surface area contributed by atoms with Crippen LogP contribution < -0.4 is 4.90 Å². The first-order chi connectivity index (χ1) is 8.34. The van der Waals surface area contributed by atoms with E-state index in [0.717, 1.165) is 18.5 Å². The van der Waals surface area contributed by atoms with E-state index < -0.39 is 0 Å². The summed E-state index contributed by atoms with van der Waals surface area (Å²) in [6.07, 6.45) is 1.06. The number of para-hydroxylation sites is 1. The zero-order chi connectivity index (χ0) is 11.7. The van der Waals surface area contributed by atoms with Crippen molar-refractivity contribution >= 4 is 5.69 Å². The Labute approximate surface area is 101 Å². The molecule has 0 fully saturated rings. The van der Waals surface area contributed by atoms with Crippen LogP contribution in [0.5, 0.6) is 0 Å². The van der Waals surface area contributed by atoms with E-state index in [1.807, 2.05) is 18.2 Å². The number of nitrogens with zero attached hydrogens (tertiary/aromatic N) is 1. The molecule has 2 aromatic rings. The van der Waals surface area contributed by atoms with E-state index in [-0.39, 0.29) is 5.82 Å². The Kier molecular flexibility index (Phi) is 2.56. The molecule has 1 aliphatic heterocycles. The number of benzene rings is 2. The topological polar surface area (TPSA) is 3.24 Å². The van der Waals surface area contributed by atoms with Crippen molar-refractivity contribution in [1.29, 1.82) is 0 Å². The van der Waals surface area contributed by atoms with Gasteiger partial charge in [-0.3, -0.25) is 0 Å². The van der Waals surface area contributed by atoms with Gasteiger partial charge in [-0.15, -0.1) is 0 Å². The monoisotopic (exact) mass is 227 g/mol. The van der Waals surface area contributed by atoms with Gasteiger partial charge in [0.15, 0.2) is 0 Å². The maximum atomic E-state index is 13.6. The van der Waals surface area contributed by atoms with Gasteiger partial charge in [0.25, 0.3) is 0 Å². The maximum absolute atomic E-state index is 13.6. The van der Waals surface area contributed by atoms with Crippen LogP contribution in [0.25, 0.3) is 0 Å². The molecule has 0 saturated carbocycles. The Hall–Kier alpha value is -1.83. The van der Waals surface area contributed by atoms with Crippen molar-refractivity contribution in [2.24, 2.45) is 0 Å². The van der Waals surface area contributed by atoms with Crippen molar-refractivity contribution < 1.29 is 4.39 Å². The van der Waals surface area contributed by atoms with Crippen molar-refractivity contribution in [3.8, 4) is 0 Å². The van der Waals surface area contributed by atoms with Crippen LogP contribution in [0.2, 0.25) is 0 Å². The number of rotatable bonds is 2. The molecule has 0 saturated heterocycles. The lowest BCUT2D eigenvalue weighted by Gasteiger charge is -2.19. The van der Waals surface area contributed by atoms with Crippen molar-refractivity contribution in [2.75, 3.05) is 11.4 Å². The van der Waals surface area contributed by atoms with E-state index in [2.05, 4.69) is 23.1 Å². The molecule has 0 radical (unpaired) electrons. The standard InChI is InChI=1S/C15H14FN/c16-14-7-3-1-6-13(14)11-17-10-9-12-5-2-4-8-15(12)17/h1-8H,9-11H2. The van der Waals surface area contributed by atoms with Crippen LogP contribution in [-0.2, 0) is 13.0 Å². The number of anilines is 1. The van der Waals surface area contributed by atoms with Gasteiger partial charge in [0.1, 0.15) is 5.82 Å². The molecule has 0 bridgehead atoms. The second-order valence-corrected chi connectivity index (χ2v) is 4.39. The van der Waals surface area contributed by atoms with Crippen molar-refractivity contribution in [3.05, 3.63) is 65.5 Å². The fourth-order valence-electron chi connectivity index (χ4n) is 2.40. The molecule has 0 unspecified atom stereocenters. The highest BCUT2D eigenvalue weighted by Crippen LogP contribution is 2.29. The average molecular weight is 227 g/mol. The summed E-state index contributed by atoms with van der Waals surface area (Å²) in [5.74, 6) is -0.114. The Balaban J connectivity index is 1.87. The number of hydrogen-bond donors (Lipinski definition) is 0. The van der Waals surface area contributed by atoms with Crippen LogP contribution in [0, 0.1) is 5.82 Å². The lowest BCUT2D eigenvalue weighted by atomic mass is 10.1. The summed E-state index contributed by atoms with van der Waals surface area (Å²) in [6.45, 7) is 1.64. The summed E-state index contributed by atoms with van der Waals surface area (Å²) in [5, 5.41) is 0. The normalized spacial score (nSPS) is 13.8. The van der Waals surface area contributed by atoms with Crippen LogP contribution in [0.4, 0.5) is 10.1 Å². The summed E-state index contributed by atoms with van der Waals surface area (Å²) in [6, 6.07) is 15.4. The highest BCUT2D eigenvalue weighted by atomic mass is 19.1. The van der Waals surface area contributed by atoms with E-state index in [9.17, 15) is 4.39 Å². The molecule has 17 heavy (non-hydrogen) atoms. The molecular weight excluding hydrogens is 213 g/mol. The minimum absolute atomic E-state index is 0.114. The number of halogens is 1. The van der Waals surface area contributed by atoms with Crippen LogP contribution >= 0.6 is 0 Å². The maximum Gasteiger partial charge on any atom is 0.128 e. The second kappa shape index (κ2) is 4.21. The zero-order valence-electron chi connectivity index (χ0n) is 9.57. The van der Waals surface area contributed by atoms with Gasteiger partial charge >= 0.3 is 0 Å². The third-order valence-corrected chi connectivity index (χ3v) is 3.30. The zero-order valence-corrected chi connectivity index (χ0v) is 9.57. The second-order valence-electron chi connectivity index (χ2n) is 4.39. The lowest BCUT2D eigenvalue weighted by molar-refractivity contribution is 0.606. The Bertz CT molecular complexity index is 536. The Morgan fingerprint density at radius 2 is 1.76 bits per heavy atom. The summed E-state index contributed by atoms with van der Waals surface area (Å²) in [5.41, 5.74) is 3.38. The minimum atomic E-state index is -0.114. The van der Waals surface area contributed by atoms with Gasteiger partial charge in [-0.2, -0.15) is 0 Å². The fraction of sp³-hybridized carbons (Fsp3) is 0.200. The average Bonchev–Trinajstić information content (AvgIpc) is 2.76. The van der Waals surface area contributed by atoms with Crippen LogP contribution in [0.15, 0.2) is 48.5 Å². The van der Waals surface area contributed by atoms with Gasteiger partial charge in [0.2, 0.25) is 0 Å². The number of hydrogen-bond acceptors (Lipinski definition) is 1. The van der Waals surface area contributed by atoms with Crippen LogP contribution in [0.1, 0.15) is 11.1 Å². The molecule has 0 amide bonds. The largest absolute Gasteiger partial charge is 0.367 e. The van der Waals surface area contributed by atoms with Crippen LogP contribution in [-0.4, -0.2) is 6.54 Å². The highest BCUT2D eigenvalue weighted by Gasteiger charge is 2.18. The van der Waals surface area contributed by atoms with E-state index >= 15 is 0 Å². The Morgan fingerprint density at radius 3 is 2.65 bits per heavy atom. The molecule has 2 heteroatoms. The van der Waals surface area contributed by atoms with Crippen molar-refractivity contribution in [3.63, 3.8) is 0 Å². The van der Waals surface area contributed by atoms with E-state index in [1.54, 1.807) is 6.07 Å². The molecule has 1 heterocycles. The molecule has 0 atom stereocenters. The molecule has 0 spiro atoms. The van der Waals surface area contributed by atoms with Crippen LogP contribution in [0.3, 0.4) is 0 Å². The highest BCUT2D eigenvalue weighted by molar-refractivity contribution is 5.58. The minimum Gasteiger partial charge on any atom is -0.367 e. The van der Waals surface area contributed by atoms with Crippen molar-refractivity contribution in [1.82, 2.24) is 0 Å². The molecule has 3 rings (SSSR count). The van der Waals surface area contributed by atoms with Crippen molar-refractivity contribution in [2.45, 2.75) is 13.0 Å². The first-order valence-corrected chi connectivity index (χ1v) is 5.91. The van der Waals surface area contributed by atoms with Gasteiger partial charge in [-0.05, 0) is 24.1 Å².